The third-order valence-corrected chi connectivity index (χ3v) is 5.72. The fourth-order valence-electron chi connectivity index (χ4n) is 3.85. The summed E-state index contributed by atoms with van der Waals surface area (Å²) >= 11 is 0. The lowest BCUT2D eigenvalue weighted by atomic mass is 9.81. The van der Waals surface area contributed by atoms with Crippen molar-refractivity contribution in [2.45, 2.75) is 72.6 Å². The van der Waals surface area contributed by atoms with Gasteiger partial charge >= 0.3 is 0 Å². The second kappa shape index (κ2) is 10.5. The number of hydrogen-bond acceptors (Lipinski definition) is 4. The molecule has 0 aromatic heterocycles. The minimum Gasteiger partial charge on any atom is -0.454 e. The molecule has 27 heavy (non-hydrogen) atoms. The van der Waals surface area contributed by atoms with Gasteiger partial charge in [0.25, 0.3) is 0 Å². The van der Waals surface area contributed by atoms with Crippen LogP contribution in [0.25, 0.3) is 0 Å². The summed E-state index contributed by atoms with van der Waals surface area (Å²) in [6, 6.07) is 6.16. The van der Waals surface area contributed by atoms with Crippen LogP contribution in [0.4, 0.5) is 0 Å². The molecule has 4 nitrogen and oxygen atoms in total. The molecule has 4 heteroatoms. The van der Waals surface area contributed by atoms with E-state index in [1.54, 1.807) is 0 Å². The van der Waals surface area contributed by atoms with Gasteiger partial charge < -0.3 is 9.47 Å². The normalized spacial score (nSPS) is 14.0. The van der Waals surface area contributed by atoms with Crippen molar-refractivity contribution in [3.8, 4) is 11.5 Å². The Morgan fingerprint density at radius 2 is 1.63 bits per heavy atom. The summed E-state index contributed by atoms with van der Waals surface area (Å²) in [7, 11) is 0. The molecule has 1 atom stereocenters. The summed E-state index contributed by atoms with van der Waals surface area (Å²) in [4.78, 5) is 24.3. The summed E-state index contributed by atoms with van der Waals surface area (Å²) in [5.74, 6) is 2.56. The monoisotopic (exact) mass is 374 g/mol. The Kier molecular flexibility index (Phi) is 8.33. The molecule has 0 bridgehead atoms. The van der Waals surface area contributed by atoms with Crippen LogP contribution in [0.2, 0.25) is 0 Å². The van der Waals surface area contributed by atoms with Crippen molar-refractivity contribution in [2.75, 3.05) is 6.79 Å². The van der Waals surface area contributed by atoms with E-state index in [2.05, 4.69) is 26.0 Å². The number of hydrogen-bond donors (Lipinski definition) is 0. The molecule has 0 amide bonds. The Morgan fingerprint density at radius 3 is 2.26 bits per heavy atom. The Bertz CT molecular complexity index is 619. The molecule has 0 saturated carbocycles. The van der Waals surface area contributed by atoms with Gasteiger partial charge in [-0.25, -0.2) is 0 Å². The van der Waals surface area contributed by atoms with Crippen molar-refractivity contribution in [2.24, 2.45) is 17.8 Å². The van der Waals surface area contributed by atoms with Crippen LogP contribution in [0.3, 0.4) is 0 Å². The minimum absolute atomic E-state index is 0.102. The summed E-state index contributed by atoms with van der Waals surface area (Å²) in [5, 5.41) is 0. The van der Waals surface area contributed by atoms with Gasteiger partial charge in [0.15, 0.2) is 11.5 Å². The molecule has 1 aromatic rings. The molecule has 1 aromatic carbocycles. The number of Topliss-reactive ketones (excluding diaryl/α,β-unsaturated/α-hetero) is 2. The number of ether oxygens (including phenoxy) is 2. The highest BCUT2D eigenvalue weighted by Gasteiger charge is 2.25. The Labute approximate surface area is 163 Å². The third-order valence-electron chi connectivity index (χ3n) is 5.72. The maximum atomic E-state index is 12.1. The van der Waals surface area contributed by atoms with E-state index in [1.807, 2.05) is 19.9 Å². The second-order valence-electron chi connectivity index (χ2n) is 7.85. The standard InChI is InChI=1S/C23H34O4/c1-5-20(24)19(21(25)6-2)12-11-18(16(3)4)9-7-8-17-10-13-22-23(14-17)27-15-26-22/h10,13-14,16,18-19H,5-9,11-12,15H2,1-4H3. The zero-order valence-electron chi connectivity index (χ0n) is 17.3. The molecule has 150 valence electrons. The van der Waals surface area contributed by atoms with Gasteiger partial charge in [-0.3, -0.25) is 9.59 Å². The van der Waals surface area contributed by atoms with Gasteiger partial charge in [0.05, 0.1) is 5.92 Å². The maximum absolute atomic E-state index is 12.1. The first-order valence-corrected chi connectivity index (χ1v) is 10.4. The molecule has 0 saturated heterocycles. The van der Waals surface area contributed by atoms with E-state index in [4.69, 9.17) is 9.47 Å². The quantitative estimate of drug-likeness (QED) is 0.462. The molecule has 1 heterocycles. The zero-order valence-corrected chi connectivity index (χ0v) is 17.3. The zero-order chi connectivity index (χ0) is 19.8. The minimum atomic E-state index is -0.393. The van der Waals surface area contributed by atoms with Gasteiger partial charge in [-0.05, 0) is 61.6 Å². The first-order chi connectivity index (χ1) is 13.0. The highest BCUT2D eigenvalue weighted by Crippen LogP contribution is 2.33. The second-order valence-corrected chi connectivity index (χ2v) is 7.85. The van der Waals surface area contributed by atoms with Crippen LogP contribution < -0.4 is 9.47 Å². The molecule has 1 aliphatic rings. The molecule has 0 N–H and O–H groups in total. The lowest BCUT2D eigenvalue weighted by molar-refractivity contribution is -0.132. The van der Waals surface area contributed by atoms with Gasteiger partial charge in [0, 0.05) is 12.8 Å². The van der Waals surface area contributed by atoms with Crippen LogP contribution in [0.5, 0.6) is 11.5 Å². The molecule has 0 spiro atoms. The number of fused-ring (bicyclic) bond motifs is 1. The molecule has 2 rings (SSSR count). The fraction of sp³-hybridized carbons (Fsp3) is 0.652. The van der Waals surface area contributed by atoms with Crippen molar-refractivity contribution >= 4 is 11.6 Å². The molecule has 0 aliphatic carbocycles. The van der Waals surface area contributed by atoms with E-state index in [1.165, 1.54) is 5.56 Å². The molecule has 0 radical (unpaired) electrons. The SMILES string of the molecule is CCC(=O)C(CCC(CCCc1ccc2c(c1)OCO2)C(C)C)C(=O)CC. The number of aryl methyl sites for hydroxylation is 1. The van der Waals surface area contributed by atoms with Crippen molar-refractivity contribution in [1.29, 1.82) is 0 Å². The maximum Gasteiger partial charge on any atom is 0.231 e. The summed E-state index contributed by atoms with van der Waals surface area (Å²) in [6.45, 7) is 8.49. The van der Waals surface area contributed by atoms with E-state index < -0.39 is 5.92 Å². The van der Waals surface area contributed by atoms with Crippen LogP contribution in [0.15, 0.2) is 18.2 Å². The van der Waals surface area contributed by atoms with Gasteiger partial charge in [0.2, 0.25) is 6.79 Å². The average Bonchev–Trinajstić information content (AvgIpc) is 3.13. The van der Waals surface area contributed by atoms with Crippen LogP contribution in [0.1, 0.15) is 71.8 Å². The van der Waals surface area contributed by atoms with E-state index in [0.29, 0.717) is 37.9 Å². The van der Waals surface area contributed by atoms with Gasteiger partial charge in [-0.2, -0.15) is 0 Å². The van der Waals surface area contributed by atoms with Crippen LogP contribution in [-0.2, 0) is 16.0 Å². The van der Waals surface area contributed by atoms with Crippen molar-refractivity contribution < 1.29 is 19.1 Å². The van der Waals surface area contributed by atoms with Crippen molar-refractivity contribution in [3.63, 3.8) is 0 Å². The lowest BCUT2D eigenvalue weighted by Gasteiger charge is -2.23. The highest BCUT2D eigenvalue weighted by molar-refractivity contribution is 6.02. The summed E-state index contributed by atoms with van der Waals surface area (Å²) in [6.07, 6.45) is 5.76. The molecular formula is C23H34O4. The van der Waals surface area contributed by atoms with Crippen LogP contribution in [-0.4, -0.2) is 18.4 Å². The van der Waals surface area contributed by atoms with Gasteiger partial charge in [0.1, 0.15) is 11.6 Å². The lowest BCUT2D eigenvalue weighted by Crippen LogP contribution is -2.24. The predicted molar refractivity (Wildman–Crippen MR) is 107 cm³/mol. The van der Waals surface area contributed by atoms with E-state index in [0.717, 1.165) is 37.2 Å². The van der Waals surface area contributed by atoms with E-state index in [-0.39, 0.29) is 11.6 Å². The number of carbonyl (C=O) groups is 2. The van der Waals surface area contributed by atoms with Crippen LogP contribution in [0, 0.1) is 17.8 Å². The number of benzene rings is 1. The van der Waals surface area contributed by atoms with E-state index in [9.17, 15) is 9.59 Å². The largest absolute Gasteiger partial charge is 0.454 e. The van der Waals surface area contributed by atoms with Crippen molar-refractivity contribution in [1.82, 2.24) is 0 Å². The Balaban J connectivity index is 1.85. The third kappa shape index (κ3) is 6.08. The van der Waals surface area contributed by atoms with Gasteiger partial charge in [-0.1, -0.05) is 33.8 Å². The highest BCUT2D eigenvalue weighted by atomic mass is 16.7. The van der Waals surface area contributed by atoms with Crippen molar-refractivity contribution in [3.05, 3.63) is 23.8 Å². The van der Waals surface area contributed by atoms with Crippen LogP contribution >= 0.6 is 0 Å². The summed E-state index contributed by atoms with van der Waals surface area (Å²) in [5.41, 5.74) is 1.27. The fourth-order valence-corrected chi connectivity index (χ4v) is 3.85. The Hall–Kier alpha value is -1.84. The number of rotatable bonds is 12. The first-order valence-electron chi connectivity index (χ1n) is 10.4. The predicted octanol–water partition coefficient (Wildman–Crippen LogP) is 5.36. The topological polar surface area (TPSA) is 52.6 Å². The number of carbonyl (C=O) groups excluding carboxylic acids is 2. The average molecular weight is 375 g/mol. The van der Waals surface area contributed by atoms with E-state index >= 15 is 0 Å². The van der Waals surface area contributed by atoms with Gasteiger partial charge in [-0.15, -0.1) is 0 Å². The molecule has 0 fully saturated rings. The molecule has 1 unspecified atom stereocenters. The smallest absolute Gasteiger partial charge is 0.231 e. The Morgan fingerprint density at radius 1 is 0.963 bits per heavy atom. The molecular weight excluding hydrogens is 340 g/mol. The molecule has 1 aliphatic heterocycles. The summed E-state index contributed by atoms with van der Waals surface area (Å²) < 4.78 is 10.8. The first kappa shape index (κ1) is 21.5. The number of ketones is 2.